The van der Waals surface area contributed by atoms with Crippen molar-refractivity contribution in [2.75, 3.05) is 0 Å². The summed E-state index contributed by atoms with van der Waals surface area (Å²) in [6.45, 7) is 0. The second-order valence-electron chi connectivity index (χ2n) is 4.21. The van der Waals surface area contributed by atoms with Crippen molar-refractivity contribution in [3.63, 3.8) is 0 Å². The van der Waals surface area contributed by atoms with Crippen LogP contribution in [0.25, 0.3) is 0 Å². The van der Waals surface area contributed by atoms with Gasteiger partial charge in [-0.15, -0.1) is 39.5 Å². The van der Waals surface area contributed by atoms with Gasteiger partial charge in [-0.2, -0.15) is 0 Å². The van der Waals surface area contributed by atoms with E-state index in [1.54, 1.807) is 0 Å². The molecule has 0 fully saturated rings. The topological polar surface area (TPSA) is 70.8 Å². The lowest BCUT2D eigenvalue weighted by molar-refractivity contribution is -0.293. The number of carbonyl (C=O) groups excluding carboxylic acids is 1. The van der Waals surface area contributed by atoms with Gasteiger partial charge in [0.2, 0.25) is 11.7 Å². The smallest absolute Gasteiger partial charge is 0.402 e. The lowest BCUT2D eigenvalue weighted by Crippen LogP contribution is -2.24. The van der Waals surface area contributed by atoms with Gasteiger partial charge in [-0.1, -0.05) is 0 Å². The van der Waals surface area contributed by atoms with Crippen LogP contribution in [0, 0.1) is 0 Å². The molecule has 1 amide bonds. The van der Waals surface area contributed by atoms with Crippen molar-refractivity contribution in [1.82, 2.24) is 0 Å². The van der Waals surface area contributed by atoms with Gasteiger partial charge in [0.1, 0.15) is 0 Å². The van der Waals surface area contributed by atoms with Gasteiger partial charge in [-0.3, -0.25) is 4.79 Å². The summed E-state index contributed by atoms with van der Waals surface area (Å²) in [6.07, 6.45) is -17.7. The van der Waals surface area contributed by atoms with Gasteiger partial charge < -0.3 is 19.9 Å². The van der Waals surface area contributed by atoms with Crippen LogP contribution in [-0.4, -0.2) is 25.0 Å². The van der Waals surface area contributed by atoms with Gasteiger partial charge in [0, 0.05) is 0 Å². The molecule has 1 aromatic carbocycles. The Kier molecular flexibility index (Phi) is 5.54. The van der Waals surface area contributed by atoms with Gasteiger partial charge in [-0.25, -0.2) is 0 Å². The minimum Gasteiger partial charge on any atom is -0.402 e. The normalized spacial score (nSPS) is 12.7. The molecule has 0 heterocycles. The highest BCUT2D eigenvalue weighted by atomic mass is 19.4. The third-order valence-corrected chi connectivity index (χ3v) is 2.13. The van der Waals surface area contributed by atoms with Gasteiger partial charge in [0.25, 0.3) is 0 Å². The lowest BCUT2D eigenvalue weighted by atomic mass is 10.1. The molecule has 0 unspecified atom stereocenters. The first kappa shape index (κ1) is 20.5. The molecule has 0 saturated heterocycles. The van der Waals surface area contributed by atoms with Crippen molar-refractivity contribution in [2.45, 2.75) is 25.5 Å². The van der Waals surface area contributed by atoms with Crippen LogP contribution in [0.15, 0.2) is 12.1 Å². The Morgan fingerprint density at radius 2 is 1.16 bits per heavy atom. The summed E-state index contributed by atoms with van der Waals surface area (Å²) in [5, 5.41) is 0. The molecule has 0 aliphatic heterocycles. The Hall–Kier alpha value is -2.54. The van der Waals surface area contributed by atoms with Crippen molar-refractivity contribution in [3.05, 3.63) is 17.7 Å². The molecule has 0 aliphatic carbocycles. The van der Waals surface area contributed by atoms with E-state index in [1.807, 2.05) is 0 Å². The van der Waals surface area contributed by atoms with E-state index in [-0.39, 0.29) is 12.1 Å². The van der Waals surface area contributed by atoms with Crippen LogP contribution >= 0.6 is 0 Å². The Labute approximate surface area is 132 Å². The summed E-state index contributed by atoms with van der Waals surface area (Å²) in [5.74, 6) is -6.83. The van der Waals surface area contributed by atoms with E-state index < -0.39 is 54.2 Å². The largest absolute Gasteiger partial charge is 0.573 e. The maximum absolute atomic E-state index is 12.3. The molecule has 1 rings (SSSR count). The molecule has 1 aromatic rings. The fourth-order valence-electron chi connectivity index (χ4n) is 1.55. The van der Waals surface area contributed by atoms with Crippen molar-refractivity contribution >= 4 is 5.91 Å². The SMILES string of the molecule is NC(=O)Cc1cc(OC(F)(F)F)c(OC(F)(F)F)c(OC(F)(F)F)c1. The first-order valence-corrected chi connectivity index (χ1v) is 5.78. The van der Waals surface area contributed by atoms with Crippen molar-refractivity contribution in [1.29, 1.82) is 0 Å². The quantitative estimate of drug-likeness (QED) is 0.787. The summed E-state index contributed by atoms with van der Waals surface area (Å²) in [7, 11) is 0. The highest BCUT2D eigenvalue weighted by Crippen LogP contribution is 2.45. The molecule has 5 nitrogen and oxygen atoms in total. The number of ether oxygens (including phenoxy) is 3. The maximum atomic E-state index is 12.3. The van der Waals surface area contributed by atoms with Crippen LogP contribution in [0.2, 0.25) is 0 Å². The Balaban J connectivity index is 3.55. The molecule has 25 heavy (non-hydrogen) atoms. The van der Waals surface area contributed by atoms with Crippen LogP contribution in [0.4, 0.5) is 39.5 Å². The number of nitrogens with two attached hydrogens (primary N) is 1. The molecular weight excluding hydrogens is 381 g/mol. The Bertz CT molecular complexity index is 599. The summed E-state index contributed by atoms with van der Waals surface area (Å²) in [4.78, 5) is 10.8. The highest BCUT2D eigenvalue weighted by Gasteiger charge is 2.41. The Morgan fingerprint density at radius 3 is 1.44 bits per heavy atom. The van der Waals surface area contributed by atoms with Gasteiger partial charge >= 0.3 is 19.1 Å². The fraction of sp³-hybridized carbons (Fsp3) is 0.364. The molecule has 0 spiro atoms. The third kappa shape index (κ3) is 7.71. The number of benzene rings is 1. The minimum atomic E-state index is -5.67. The number of rotatable bonds is 5. The molecule has 0 aliphatic rings. The molecule has 14 heteroatoms. The summed E-state index contributed by atoms with van der Waals surface area (Å²) in [5.41, 5.74) is 4.10. The number of primary amides is 1. The molecule has 0 bridgehead atoms. The van der Waals surface area contributed by atoms with Crippen LogP contribution in [0.3, 0.4) is 0 Å². The molecule has 0 aromatic heterocycles. The lowest BCUT2D eigenvalue weighted by Gasteiger charge is -2.20. The maximum Gasteiger partial charge on any atom is 0.573 e. The first-order chi connectivity index (χ1) is 11.1. The Morgan fingerprint density at radius 1 is 0.800 bits per heavy atom. The molecular formula is C11H6F9NO4. The predicted molar refractivity (Wildman–Crippen MR) is 59.4 cm³/mol. The van der Waals surface area contributed by atoms with Gasteiger partial charge in [-0.05, 0) is 17.7 Å². The predicted octanol–water partition coefficient (Wildman–Crippen LogP) is 3.41. The standard InChI is InChI=1S/C11H6F9NO4/c12-9(13,14)23-5-1-4(3-7(21)22)2-6(24-10(15,16)17)8(5)25-11(18,19)20/h1-2H,3H2,(H2,21,22). The summed E-state index contributed by atoms with van der Waals surface area (Å²) < 4.78 is 120. The van der Waals surface area contributed by atoms with Gasteiger partial charge in [0.15, 0.2) is 11.5 Å². The van der Waals surface area contributed by atoms with Gasteiger partial charge in [0.05, 0.1) is 6.42 Å². The highest BCUT2D eigenvalue weighted by molar-refractivity contribution is 5.77. The van der Waals surface area contributed by atoms with Crippen LogP contribution < -0.4 is 19.9 Å². The van der Waals surface area contributed by atoms with E-state index >= 15 is 0 Å². The van der Waals surface area contributed by atoms with E-state index in [9.17, 15) is 44.3 Å². The van der Waals surface area contributed by atoms with E-state index in [0.717, 1.165) is 0 Å². The number of hydrogen-bond donors (Lipinski definition) is 1. The monoisotopic (exact) mass is 387 g/mol. The molecule has 0 saturated carbocycles. The number of carbonyl (C=O) groups is 1. The van der Waals surface area contributed by atoms with Crippen molar-refractivity contribution < 1.29 is 58.5 Å². The van der Waals surface area contributed by atoms with E-state index in [0.29, 0.717) is 0 Å². The zero-order chi connectivity index (χ0) is 19.6. The van der Waals surface area contributed by atoms with E-state index in [1.165, 1.54) is 0 Å². The molecule has 142 valence electrons. The number of alkyl halides is 9. The van der Waals surface area contributed by atoms with Crippen molar-refractivity contribution in [3.8, 4) is 17.2 Å². The zero-order valence-electron chi connectivity index (χ0n) is 11.5. The average Bonchev–Trinajstić information content (AvgIpc) is 2.27. The molecule has 2 N–H and O–H groups in total. The minimum absolute atomic E-state index is 0.211. The molecule has 0 atom stereocenters. The number of hydrogen-bond acceptors (Lipinski definition) is 4. The summed E-state index contributed by atoms with van der Waals surface area (Å²) in [6, 6.07) is 0.422. The van der Waals surface area contributed by atoms with Crippen LogP contribution in [-0.2, 0) is 11.2 Å². The van der Waals surface area contributed by atoms with E-state index in [4.69, 9.17) is 5.73 Å². The summed E-state index contributed by atoms with van der Waals surface area (Å²) >= 11 is 0. The van der Waals surface area contributed by atoms with Crippen LogP contribution in [0.5, 0.6) is 17.2 Å². The second kappa shape index (κ2) is 6.76. The number of amides is 1. The number of halogens is 9. The van der Waals surface area contributed by atoms with E-state index in [2.05, 4.69) is 14.2 Å². The van der Waals surface area contributed by atoms with Crippen molar-refractivity contribution in [2.24, 2.45) is 5.73 Å². The van der Waals surface area contributed by atoms with Crippen LogP contribution in [0.1, 0.15) is 5.56 Å². The zero-order valence-corrected chi connectivity index (χ0v) is 11.5. The first-order valence-electron chi connectivity index (χ1n) is 5.78. The average molecular weight is 387 g/mol. The third-order valence-electron chi connectivity index (χ3n) is 2.13. The molecule has 0 radical (unpaired) electrons. The second-order valence-corrected chi connectivity index (χ2v) is 4.21. The fourth-order valence-corrected chi connectivity index (χ4v) is 1.55.